The molecular formula is C22H16O2S. The van der Waals surface area contributed by atoms with Crippen LogP contribution in [-0.4, -0.2) is 10.9 Å². The number of hydrogen-bond donors (Lipinski definition) is 1. The molecule has 4 rings (SSSR count). The van der Waals surface area contributed by atoms with E-state index in [1.54, 1.807) is 6.07 Å². The van der Waals surface area contributed by atoms with Crippen LogP contribution in [0.25, 0.3) is 10.1 Å². The largest absolute Gasteiger partial charge is 0.507 e. The fourth-order valence-electron chi connectivity index (χ4n) is 3.07. The molecule has 3 aromatic carbocycles. The van der Waals surface area contributed by atoms with E-state index in [-0.39, 0.29) is 11.5 Å². The van der Waals surface area contributed by atoms with Gasteiger partial charge in [-0.05, 0) is 29.7 Å². The highest BCUT2D eigenvalue weighted by atomic mass is 32.1. The van der Waals surface area contributed by atoms with Crippen molar-refractivity contribution in [1.82, 2.24) is 0 Å². The summed E-state index contributed by atoms with van der Waals surface area (Å²) in [6.07, 6.45) is 0.617. The molecule has 1 aromatic heterocycles. The highest BCUT2D eigenvalue weighted by Crippen LogP contribution is 2.39. The van der Waals surface area contributed by atoms with Gasteiger partial charge in [-0.25, -0.2) is 0 Å². The Bertz CT molecular complexity index is 1030. The van der Waals surface area contributed by atoms with Crippen LogP contribution in [0.5, 0.6) is 5.75 Å². The van der Waals surface area contributed by atoms with Crippen LogP contribution in [0, 0.1) is 0 Å². The van der Waals surface area contributed by atoms with Gasteiger partial charge < -0.3 is 5.11 Å². The van der Waals surface area contributed by atoms with Crippen molar-refractivity contribution in [3.05, 3.63) is 100 Å². The maximum Gasteiger partial charge on any atom is 0.203 e. The summed E-state index contributed by atoms with van der Waals surface area (Å²) in [6.45, 7) is 0. The Morgan fingerprint density at radius 3 is 2.24 bits per heavy atom. The molecule has 0 saturated carbocycles. The zero-order valence-electron chi connectivity index (χ0n) is 13.5. The van der Waals surface area contributed by atoms with Gasteiger partial charge in [0.05, 0.1) is 4.88 Å². The number of fused-ring (bicyclic) bond motifs is 1. The number of ketones is 1. The molecule has 2 nitrogen and oxygen atoms in total. The van der Waals surface area contributed by atoms with Gasteiger partial charge in [-0.1, -0.05) is 66.7 Å². The molecule has 0 amide bonds. The monoisotopic (exact) mass is 344 g/mol. The fraction of sp³-hybridized carbons (Fsp3) is 0.0455. The second-order valence-electron chi connectivity index (χ2n) is 5.92. The molecule has 1 N–H and O–H groups in total. The van der Waals surface area contributed by atoms with Crippen LogP contribution in [0.2, 0.25) is 0 Å². The SMILES string of the molecule is O=C(c1ccccc1)c1sc2cccc(O)c2c1Cc1ccccc1. The summed E-state index contributed by atoms with van der Waals surface area (Å²) >= 11 is 1.45. The predicted octanol–water partition coefficient (Wildman–Crippen LogP) is 5.43. The molecule has 0 spiro atoms. The van der Waals surface area contributed by atoms with E-state index < -0.39 is 0 Å². The van der Waals surface area contributed by atoms with Crippen LogP contribution >= 0.6 is 11.3 Å². The Hall–Kier alpha value is -2.91. The Labute approximate surface area is 150 Å². The summed E-state index contributed by atoms with van der Waals surface area (Å²) in [7, 11) is 0. The van der Waals surface area contributed by atoms with Gasteiger partial charge in [0.2, 0.25) is 5.78 Å². The maximum atomic E-state index is 13.1. The first kappa shape index (κ1) is 15.6. The Morgan fingerprint density at radius 2 is 1.52 bits per heavy atom. The number of aromatic hydroxyl groups is 1. The number of thiophene rings is 1. The van der Waals surface area contributed by atoms with E-state index in [0.717, 1.165) is 21.2 Å². The Morgan fingerprint density at radius 1 is 0.840 bits per heavy atom. The lowest BCUT2D eigenvalue weighted by molar-refractivity contribution is 0.104. The van der Waals surface area contributed by atoms with Crippen LogP contribution < -0.4 is 0 Å². The fourth-order valence-corrected chi connectivity index (χ4v) is 4.27. The summed E-state index contributed by atoms with van der Waals surface area (Å²) in [5.74, 6) is 0.235. The van der Waals surface area contributed by atoms with Crippen LogP contribution in [-0.2, 0) is 6.42 Å². The molecule has 0 fully saturated rings. The van der Waals surface area contributed by atoms with Crippen LogP contribution in [0.3, 0.4) is 0 Å². The summed E-state index contributed by atoms with van der Waals surface area (Å²) in [5.41, 5.74) is 2.69. The normalized spacial score (nSPS) is 10.9. The van der Waals surface area contributed by atoms with E-state index in [1.807, 2.05) is 72.8 Å². The van der Waals surface area contributed by atoms with Gasteiger partial charge >= 0.3 is 0 Å². The van der Waals surface area contributed by atoms with Crippen molar-refractivity contribution in [1.29, 1.82) is 0 Å². The molecule has 0 aliphatic heterocycles. The van der Waals surface area contributed by atoms with Crippen molar-refractivity contribution in [2.45, 2.75) is 6.42 Å². The smallest absolute Gasteiger partial charge is 0.203 e. The molecule has 0 atom stereocenters. The van der Waals surface area contributed by atoms with E-state index >= 15 is 0 Å². The molecule has 4 aromatic rings. The highest BCUT2D eigenvalue weighted by molar-refractivity contribution is 7.21. The van der Waals surface area contributed by atoms with Crippen molar-refractivity contribution >= 4 is 27.2 Å². The zero-order valence-corrected chi connectivity index (χ0v) is 14.3. The number of rotatable bonds is 4. The molecule has 0 aliphatic carbocycles. The number of phenols is 1. The maximum absolute atomic E-state index is 13.1. The molecule has 1 heterocycles. The average Bonchev–Trinajstić information content (AvgIpc) is 3.02. The highest BCUT2D eigenvalue weighted by Gasteiger charge is 2.21. The van der Waals surface area contributed by atoms with Crippen molar-refractivity contribution in [3.63, 3.8) is 0 Å². The van der Waals surface area contributed by atoms with E-state index in [0.29, 0.717) is 16.9 Å². The minimum atomic E-state index is 0.00660. The first-order valence-corrected chi connectivity index (χ1v) is 8.92. The average molecular weight is 344 g/mol. The van der Waals surface area contributed by atoms with E-state index in [9.17, 15) is 9.90 Å². The van der Waals surface area contributed by atoms with Gasteiger partial charge in [0.15, 0.2) is 0 Å². The number of benzene rings is 3. The third-order valence-corrected chi connectivity index (χ3v) is 5.45. The standard InChI is InChI=1S/C22H16O2S/c23-18-12-7-13-19-20(18)17(14-15-8-3-1-4-9-15)22(25-19)21(24)16-10-5-2-6-11-16/h1-13,23H,14H2. The molecule has 0 unspecified atom stereocenters. The summed E-state index contributed by atoms with van der Waals surface area (Å²) in [5, 5.41) is 11.2. The van der Waals surface area contributed by atoms with Crippen molar-refractivity contribution in [2.24, 2.45) is 0 Å². The number of hydrogen-bond acceptors (Lipinski definition) is 3. The third-order valence-electron chi connectivity index (χ3n) is 4.26. The molecule has 0 radical (unpaired) electrons. The lowest BCUT2D eigenvalue weighted by Crippen LogP contribution is -2.02. The number of carbonyl (C=O) groups excluding carboxylic acids is 1. The summed E-state index contributed by atoms with van der Waals surface area (Å²) < 4.78 is 0.935. The lowest BCUT2D eigenvalue weighted by atomic mass is 9.98. The molecule has 3 heteroatoms. The summed E-state index contributed by atoms with van der Waals surface area (Å²) in [4.78, 5) is 13.8. The lowest BCUT2D eigenvalue weighted by Gasteiger charge is -2.06. The van der Waals surface area contributed by atoms with Gasteiger partial charge in [-0.15, -0.1) is 11.3 Å². The Balaban J connectivity index is 1.90. The molecule has 25 heavy (non-hydrogen) atoms. The second kappa shape index (κ2) is 6.54. The third kappa shape index (κ3) is 2.94. The second-order valence-corrected chi connectivity index (χ2v) is 6.97. The van der Waals surface area contributed by atoms with Crippen molar-refractivity contribution in [3.8, 4) is 5.75 Å². The van der Waals surface area contributed by atoms with Crippen LogP contribution in [0.1, 0.15) is 26.4 Å². The van der Waals surface area contributed by atoms with Gasteiger partial charge in [0, 0.05) is 15.6 Å². The topological polar surface area (TPSA) is 37.3 Å². The van der Waals surface area contributed by atoms with E-state index in [4.69, 9.17) is 0 Å². The quantitative estimate of drug-likeness (QED) is 0.501. The van der Waals surface area contributed by atoms with Crippen molar-refractivity contribution in [2.75, 3.05) is 0 Å². The van der Waals surface area contributed by atoms with Gasteiger partial charge in [-0.2, -0.15) is 0 Å². The predicted molar refractivity (Wildman–Crippen MR) is 103 cm³/mol. The number of carbonyl (C=O) groups is 1. The Kier molecular flexibility index (Phi) is 4.08. The van der Waals surface area contributed by atoms with Gasteiger partial charge in [0.25, 0.3) is 0 Å². The first-order valence-electron chi connectivity index (χ1n) is 8.11. The van der Waals surface area contributed by atoms with E-state index in [2.05, 4.69) is 0 Å². The number of phenolic OH excluding ortho intramolecular Hbond substituents is 1. The van der Waals surface area contributed by atoms with Crippen molar-refractivity contribution < 1.29 is 9.90 Å². The summed E-state index contributed by atoms with van der Waals surface area (Å²) in [6, 6.07) is 24.8. The van der Waals surface area contributed by atoms with Crippen LogP contribution in [0.15, 0.2) is 78.9 Å². The molecule has 0 bridgehead atoms. The zero-order chi connectivity index (χ0) is 17.2. The van der Waals surface area contributed by atoms with E-state index in [1.165, 1.54) is 11.3 Å². The molecular weight excluding hydrogens is 328 g/mol. The minimum Gasteiger partial charge on any atom is -0.507 e. The molecule has 122 valence electrons. The molecule has 0 aliphatic rings. The molecule has 0 saturated heterocycles. The minimum absolute atomic E-state index is 0.00660. The van der Waals surface area contributed by atoms with Gasteiger partial charge in [-0.3, -0.25) is 4.79 Å². The van der Waals surface area contributed by atoms with Gasteiger partial charge in [0.1, 0.15) is 5.75 Å². The van der Waals surface area contributed by atoms with Crippen LogP contribution in [0.4, 0.5) is 0 Å². The first-order chi connectivity index (χ1) is 12.2.